The van der Waals surface area contributed by atoms with Gasteiger partial charge in [-0.05, 0) is 42.5 Å². The van der Waals surface area contributed by atoms with Gasteiger partial charge in [-0.1, -0.05) is 5.16 Å². The van der Waals surface area contributed by atoms with E-state index in [1.807, 2.05) is 0 Å². The van der Waals surface area contributed by atoms with Gasteiger partial charge in [0.1, 0.15) is 18.2 Å². The third-order valence-electron chi connectivity index (χ3n) is 2.94. The average molecular weight is 355 g/mol. The fourth-order valence-corrected chi connectivity index (χ4v) is 1.84. The first-order valence-corrected chi connectivity index (χ1v) is 7.25. The first-order valence-electron chi connectivity index (χ1n) is 7.25. The molecule has 0 atom stereocenters. The molecule has 8 heteroatoms. The van der Waals surface area contributed by atoms with Gasteiger partial charge in [-0.2, -0.15) is 8.78 Å². The minimum absolute atomic E-state index is 0.0664. The summed E-state index contributed by atoms with van der Waals surface area (Å²) in [7, 11) is 1.35. The normalized spacial score (nSPS) is 10.9. The van der Waals surface area contributed by atoms with Gasteiger partial charge in [-0.15, -0.1) is 0 Å². The lowest BCUT2D eigenvalue weighted by molar-refractivity contribution is -0.0512. The van der Waals surface area contributed by atoms with E-state index in [0.29, 0.717) is 11.3 Å². The van der Waals surface area contributed by atoms with Crippen molar-refractivity contribution in [3.05, 3.63) is 53.8 Å². The lowest BCUT2D eigenvalue weighted by Gasteiger charge is -2.09. The number of halogens is 3. The summed E-state index contributed by atoms with van der Waals surface area (Å²) in [6.45, 7) is -2.52. The van der Waals surface area contributed by atoms with Crippen LogP contribution in [-0.4, -0.2) is 33.1 Å². The third-order valence-corrected chi connectivity index (χ3v) is 2.94. The van der Waals surface area contributed by atoms with Crippen LogP contribution in [-0.2, 0) is 4.84 Å². The summed E-state index contributed by atoms with van der Waals surface area (Å²) in [5, 5.41) is 3.74. The van der Waals surface area contributed by atoms with Crippen molar-refractivity contribution < 1.29 is 32.2 Å². The fourth-order valence-electron chi connectivity index (χ4n) is 1.84. The predicted octanol–water partition coefficient (Wildman–Crippen LogP) is 3.87. The highest BCUT2D eigenvalue weighted by Crippen LogP contribution is 2.28. The van der Waals surface area contributed by atoms with Crippen LogP contribution < -0.4 is 14.2 Å². The zero-order valence-corrected chi connectivity index (χ0v) is 13.3. The van der Waals surface area contributed by atoms with Gasteiger partial charge in [0.05, 0.1) is 13.3 Å². The lowest BCUT2D eigenvalue weighted by Crippen LogP contribution is -2.04. The zero-order valence-electron chi connectivity index (χ0n) is 13.3. The van der Waals surface area contributed by atoms with E-state index in [0.717, 1.165) is 0 Å². The molecule has 0 unspecified atom stereocenters. The molecule has 0 spiro atoms. The van der Waals surface area contributed by atoms with E-state index in [2.05, 4.69) is 9.89 Å². The molecule has 0 N–H and O–H groups in total. The molecule has 0 aliphatic carbocycles. The lowest BCUT2D eigenvalue weighted by atomic mass is 10.2. The molecule has 2 aromatic rings. The summed E-state index contributed by atoms with van der Waals surface area (Å²) < 4.78 is 51.9. The molecule has 25 heavy (non-hydrogen) atoms. The van der Waals surface area contributed by atoms with Gasteiger partial charge in [0.2, 0.25) is 0 Å². The van der Waals surface area contributed by atoms with Crippen LogP contribution in [0.5, 0.6) is 17.2 Å². The summed E-state index contributed by atoms with van der Waals surface area (Å²) in [5.41, 5.74) is 0.581. The van der Waals surface area contributed by atoms with Crippen molar-refractivity contribution >= 4 is 6.21 Å². The molecule has 0 aliphatic heterocycles. The Hall–Kier alpha value is -2.90. The molecule has 0 bridgehead atoms. The van der Waals surface area contributed by atoms with Crippen LogP contribution in [0.25, 0.3) is 0 Å². The third kappa shape index (κ3) is 6.25. The van der Waals surface area contributed by atoms with Crippen molar-refractivity contribution in [2.45, 2.75) is 6.61 Å². The maximum atomic E-state index is 12.7. The highest BCUT2D eigenvalue weighted by molar-refractivity contribution is 5.80. The molecule has 2 rings (SSSR count). The van der Waals surface area contributed by atoms with Crippen molar-refractivity contribution in [3.8, 4) is 17.2 Å². The molecular formula is C17H16F3NO4. The molecule has 0 heterocycles. The number of nitrogens with zero attached hydrogens (tertiary/aromatic N) is 1. The maximum Gasteiger partial charge on any atom is 0.387 e. The quantitative estimate of drug-likeness (QED) is 0.389. The first kappa shape index (κ1) is 18.4. The van der Waals surface area contributed by atoms with E-state index in [1.165, 1.54) is 55.8 Å². The van der Waals surface area contributed by atoms with E-state index in [4.69, 9.17) is 14.3 Å². The van der Waals surface area contributed by atoms with Crippen molar-refractivity contribution in [2.24, 2.45) is 5.16 Å². The molecule has 134 valence electrons. The first-order chi connectivity index (χ1) is 12.1. The summed E-state index contributed by atoms with van der Waals surface area (Å²) in [4.78, 5) is 5.03. The van der Waals surface area contributed by atoms with Gasteiger partial charge >= 0.3 is 6.61 Å². The van der Waals surface area contributed by atoms with Crippen LogP contribution >= 0.6 is 0 Å². The second kappa shape index (κ2) is 9.41. The number of hydrogen-bond acceptors (Lipinski definition) is 5. The topological polar surface area (TPSA) is 49.3 Å². The Labute approximate surface area is 142 Å². The standard InChI is InChI=1S/C17H16F3NO4/c1-22-16-10-12(2-7-15(16)25-17(19)20)11-21-24-9-8-23-14-5-3-13(18)4-6-14/h2-7,10-11,17H,8-9H2,1H3. The monoisotopic (exact) mass is 355 g/mol. The Bertz CT molecular complexity index is 693. The Kier molecular flexibility index (Phi) is 6.94. The van der Waals surface area contributed by atoms with Crippen LogP contribution in [0.15, 0.2) is 47.6 Å². The zero-order chi connectivity index (χ0) is 18.1. The Morgan fingerprint density at radius 1 is 1.04 bits per heavy atom. The second-order valence-electron chi connectivity index (χ2n) is 4.66. The fraction of sp³-hybridized carbons (Fsp3) is 0.235. The van der Waals surface area contributed by atoms with Crippen LogP contribution in [0.4, 0.5) is 13.2 Å². The Balaban J connectivity index is 1.78. The van der Waals surface area contributed by atoms with Crippen molar-refractivity contribution in [2.75, 3.05) is 20.3 Å². The molecule has 5 nitrogen and oxygen atoms in total. The molecule has 0 amide bonds. The van der Waals surface area contributed by atoms with Gasteiger partial charge in [-0.3, -0.25) is 0 Å². The number of rotatable bonds is 9. The number of methoxy groups -OCH3 is 1. The van der Waals surface area contributed by atoms with E-state index in [1.54, 1.807) is 0 Å². The molecular weight excluding hydrogens is 339 g/mol. The van der Waals surface area contributed by atoms with E-state index in [-0.39, 0.29) is 30.5 Å². The van der Waals surface area contributed by atoms with Crippen LogP contribution in [0, 0.1) is 5.82 Å². The molecule has 0 radical (unpaired) electrons. The number of hydrogen-bond donors (Lipinski definition) is 0. The summed E-state index contributed by atoms with van der Waals surface area (Å²) in [5.74, 6) is 0.272. The van der Waals surface area contributed by atoms with Crippen LogP contribution in [0.1, 0.15) is 5.56 Å². The van der Waals surface area contributed by atoms with Crippen molar-refractivity contribution in [1.29, 1.82) is 0 Å². The van der Waals surface area contributed by atoms with Crippen LogP contribution in [0.2, 0.25) is 0 Å². The second-order valence-corrected chi connectivity index (χ2v) is 4.66. The van der Waals surface area contributed by atoms with Gasteiger partial charge in [-0.25, -0.2) is 4.39 Å². The predicted molar refractivity (Wildman–Crippen MR) is 85.1 cm³/mol. The van der Waals surface area contributed by atoms with Gasteiger partial charge < -0.3 is 19.0 Å². The van der Waals surface area contributed by atoms with E-state index in [9.17, 15) is 13.2 Å². The summed E-state index contributed by atoms with van der Waals surface area (Å²) in [6, 6.07) is 9.97. The van der Waals surface area contributed by atoms with Crippen molar-refractivity contribution in [1.82, 2.24) is 0 Å². The van der Waals surface area contributed by atoms with Crippen molar-refractivity contribution in [3.63, 3.8) is 0 Å². The molecule has 0 saturated carbocycles. The number of ether oxygens (including phenoxy) is 3. The van der Waals surface area contributed by atoms with E-state index < -0.39 is 6.61 Å². The average Bonchev–Trinajstić information content (AvgIpc) is 2.60. The summed E-state index contributed by atoms with van der Waals surface area (Å²) >= 11 is 0. The highest BCUT2D eigenvalue weighted by Gasteiger charge is 2.10. The minimum Gasteiger partial charge on any atom is -0.493 e. The molecule has 0 aromatic heterocycles. The number of oxime groups is 1. The Morgan fingerprint density at radius 2 is 1.80 bits per heavy atom. The largest absolute Gasteiger partial charge is 0.493 e. The molecule has 2 aromatic carbocycles. The van der Waals surface area contributed by atoms with Gasteiger partial charge in [0.15, 0.2) is 18.1 Å². The van der Waals surface area contributed by atoms with Crippen LogP contribution in [0.3, 0.4) is 0 Å². The summed E-state index contributed by atoms with van der Waals surface area (Å²) in [6.07, 6.45) is 1.40. The smallest absolute Gasteiger partial charge is 0.387 e. The van der Waals surface area contributed by atoms with E-state index >= 15 is 0 Å². The van der Waals surface area contributed by atoms with Gasteiger partial charge in [0.25, 0.3) is 0 Å². The Morgan fingerprint density at radius 3 is 2.48 bits per heavy atom. The highest BCUT2D eigenvalue weighted by atomic mass is 19.3. The molecule has 0 saturated heterocycles. The molecule has 0 fully saturated rings. The minimum atomic E-state index is -2.93. The van der Waals surface area contributed by atoms with Gasteiger partial charge in [0, 0.05) is 5.56 Å². The maximum absolute atomic E-state index is 12.7. The number of benzene rings is 2. The molecule has 0 aliphatic rings. The number of alkyl halides is 2. The SMILES string of the molecule is COc1cc(C=NOCCOc2ccc(F)cc2)ccc1OC(F)F.